The molecule has 26 heavy (non-hydrogen) atoms. The first-order chi connectivity index (χ1) is 12.8. The number of fused-ring (bicyclic) bond motifs is 1. The molecule has 1 aromatic heterocycles. The van der Waals surface area contributed by atoms with Crippen molar-refractivity contribution in [3.05, 3.63) is 60.3 Å². The first-order valence-electron chi connectivity index (χ1n) is 8.92. The topological polar surface area (TPSA) is 32.6 Å². The molecule has 0 aliphatic heterocycles. The average molecular weight is 372 g/mol. The minimum atomic E-state index is 0.523. The van der Waals surface area contributed by atoms with Gasteiger partial charge < -0.3 is 18.2 Å². The SMILES string of the molecule is CCOCCn1ccc2cc(OCCOSc3ccc(C)cc3)ccc21. The predicted octanol–water partition coefficient (Wildman–Crippen LogP) is 5.09. The molecule has 0 saturated heterocycles. The van der Waals surface area contributed by atoms with E-state index in [0.717, 1.165) is 30.4 Å². The lowest BCUT2D eigenvalue weighted by Gasteiger charge is -2.08. The number of hydrogen-bond donors (Lipinski definition) is 0. The second-order valence-electron chi connectivity index (χ2n) is 5.99. The largest absolute Gasteiger partial charge is 0.491 e. The Balaban J connectivity index is 1.44. The highest BCUT2D eigenvalue weighted by Gasteiger charge is 2.03. The molecule has 5 heteroatoms. The number of benzene rings is 2. The van der Waals surface area contributed by atoms with Gasteiger partial charge in [0.15, 0.2) is 0 Å². The lowest BCUT2D eigenvalue weighted by atomic mass is 10.2. The van der Waals surface area contributed by atoms with Crippen molar-refractivity contribution in [3.63, 3.8) is 0 Å². The molecular weight excluding hydrogens is 346 g/mol. The Labute approximate surface area is 159 Å². The smallest absolute Gasteiger partial charge is 0.120 e. The van der Waals surface area contributed by atoms with Gasteiger partial charge in [-0.25, -0.2) is 0 Å². The summed E-state index contributed by atoms with van der Waals surface area (Å²) in [6.07, 6.45) is 2.09. The average Bonchev–Trinajstić information content (AvgIpc) is 3.06. The summed E-state index contributed by atoms with van der Waals surface area (Å²) in [5, 5.41) is 1.17. The molecule has 0 spiro atoms. The van der Waals surface area contributed by atoms with Gasteiger partial charge in [-0.05, 0) is 50.2 Å². The molecule has 2 aromatic carbocycles. The Hall–Kier alpha value is -1.95. The van der Waals surface area contributed by atoms with Crippen molar-refractivity contribution < 1.29 is 13.7 Å². The van der Waals surface area contributed by atoms with Crippen molar-refractivity contribution in [3.8, 4) is 5.75 Å². The van der Waals surface area contributed by atoms with Crippen LogP contribution in [0.3, 0.4) is 0 Å². The summed E-state index contributed by atoms with van der Waals surface area (Å²) in [4.78, 5) is 1.10. The van der Waals surface area contributed by atoms with Crippen molar-refractivity contribution >= 4 is 22.9 Å². The van der Waals surface area contributed by atoms with Gasteiger partial charge in [0.05, 0.1) is 13.2 Å². The van der Waals surface area contributed by atoms with Gasteiger partial charge >= 0.3 is 0 Å². The van der Waals surface area contributed by atoms with E-state index in [1.165, 1.54) is 28.5 Å². The lowest BCUT2D eigenvalue weighted by molar-refractivity contribution is 0.140. The van der Waals surface area contributed by atoms with E-state index in [2.05, 4.69) is 60.2 Å². The Morgan fingerprint density at radius 3 is 2.62 bits per heavy atom. The third-order valence-corrected chi connectivity index (χ3v) is 4.78. The van der Waals surface area contributed by atoms with Crippen molar-refractivity contribution in [2.75, 3.05) is 26.4 Å². The quantitative estimate of drug-likeness (QED) is 0.367. The van der Waals surface area contributed by atoms with E-state index >= 15 is 0 Å². The molecule has 0 radical (unpaired) electrons. The van der Waals surface area contributed by atoms with Crippen LogP contribution in [0.15, 0.2) is 59.6 Å². The highest BCUT2D eigenvalue weighted by Crippen LogP contribution is 2.23. The summed E-state index contributed by atoms with van der Waals surface area (Å²) in [5.41, 5.74) is 2.45. The molecule has 4 nitrogen and oxygen atoms in total. The van der Waals surface area contributed by atoms with Gasteiger partial charge in [0.1, 0.15) is 12.4 Å². The highest BCUT2D eigenvalue weighted by molar-refractivity contribution is 7.94. The monoisotopic (exact) mass is 371 g/mol. The van der Waals surface area contributed by atoms with Crippen LogP contribution in [0.1, 0.15) is 12.5 Å². The van der Waals surface area contributed by atoms with Crippen LogP contribution >= 0.6 is 12.0 Å². The van der Waals surface area contributed by atoms with Crippen LogP contribution in [0, 0.1) is 6.92 Å². The van der Waals surface area contributed by atoms with Gasteiger partial charge in [-0.15, -0.1) is 0 Å². The second kappa shape index (κ2) is 9.67. The molecule has 0 bridgehead atoms. The minimum absolute atomic E-state index is 0.523. The third kappa shape index (κ3) is 5.27. The van der Waals surface area contributed by atoms with Crippen molar-refractivity contribution in [2.45, 2.75) is 25.3 Å². The van der Waals surface area contributed by atoms with Gasteiger partial charge in [-0.2, -0.15) is 0 Å². The Kier molecular flexibility index (Phi) is 7.00. The Morgan fingerprint density at radius 1 is 0.962 bits per heavy atom. The summed E-state index contributed by atoms with van der Waals surface area (Å²) in [6.45, 7) is 7.49. The van der Waals surface area contributed by atoms with E-state index < -0.39 is 0 Å². The maximum Gasteiger partial charge on any atom is 0.120 e. The van der Waals surface area contributed by atoms with E-state index in [-0.39, 0.29) is 0 Å². The lowest BCUT2D eigenvalue weighted by Crippen LogP contribution is -2.05. The zero-order valence-electron chi connectivity index (χ0n) is 15.3. The third-order valence-electron chi connectivity index (χ3n) is 4.03. The van der Waals surface area contributed by atoms with E-state index in [1.807, 2.05) is 13.0 Å². The summed E-state index contributed by atoms with van der Waals surface area (Å²) in [6, 6.07) is 16.6. The van der Waals surface area contributed by atoms with Crippen LogP contribution < -0.4 is 4.74 Å². The zero-order valence-corrected chi connectivity index (χ0v) is 16.1. The number of aromatic nitrogens is 1. The standard InChI is InChI=1S/C21H25NO3S/c1-3-23-13-12-22-11-10-18-16-19(6-9-21(18)22)24-14-15-25-26-20-7-4-17(2)5-8-20/h4-11,16H,3,12-15H2,1-2H3. The van der Waals surface area contributed by atoms with Crippen LogP contribution in [0.25, 0.3) is 10.9 Å². The molecule has 0 saturated carbocycles. The van der Waals surface area contributed by atoms with Crippen LogP contribution in [0.4, 0.5) is 0 Å². The van der Waals surface area contributed by atoms with Gasteiger partial charge in [-0.3, -0.25) is 0 Å². The predicted molar refractivity (Wildman–Crippen MR) is 107 cm³/mol. The van der Waals surface area contributed by atoms with Crippen LogP contribution in [0.2, 0.25) is 0 Å². The summed E-state index contributed by atoms with van der Waals surface area (Å²) < 4.78 is 19.0. The number of rotatable bonds is 10. The molecule has 3 aromatic rings. The highest BCUT2D eigenvalue weighted by atomic mass is 32.2. The number of aryl methyl sites for hydroxylation is 1. The van der Waals surface area contributed by atoms with Crippen LogP contribution in [0.5, 0.6) is 5.75 Å². The van der Waals surface area contributed by atoms with Crippen molar-refractivity contribution in [1.82, 2.24) is 4.57 Å². The summed E-state index contributed by atoms with van der Waals surface area (Å²) in [7, 11) is 0. The normalized spacial score (nSPS) is 11.2. The molecule has 0 atom stereocenters. The molecule has 3 rings (SSSR count). The van der Waals surface area contributed by atoms with Gasteiger partial charge in [-0.1, -0.05) is 17.7 Å². The van der Waals surface area contributed by atoms with E-state index in [0.29, 0.717) is 13.2 Å². The molecule has 0 aliphatic rings. The fourth-order valence-corrected chi connectivity index (χ4v) is 3.20. The minimum Gasteiger partial charge on any atom is -0.491 e. The summed E-state index contributed by atoms with van der Waals surface area (Å²) >= 11 is 1.38. The number of nitrogens with zero attached hydrogens (tertiary/aromatic N) is 1. The van der Waals surface area contributed by atoms with Gasteiger partial charge in [0.25, 0.3) is 0 Å². The number of ether oxygens (including phenoxy) is 2. The van der Waals surface area contributed by atoms with Crippen molar-refractivity contribution in [2.24, 2.45) is 0 Å². The Bertz CT molecular complexity index is 814. The maximum absolute atomic E-state index is 5.81. The van der Waals surface area contributed by atoms with E-state index in [4.69, 9.17) is 13.7 Å². The Morgan fingerprint density at radius 2 is 1.81 bits per heavy atom. The first kappa shape index (κ1) is 18.8. The molecule has 0 N–H and O–H groups in total. The first-order valence-corrected chi connectivity index (χ1v) is 9.66. The number of hydrogen-bond acceptors (Lipinski definition) is 4. The molecule has 0 unspecified atom stereocenters. The molecule has 0 fully saturated rings. The molecule has 0 amide bonds. The van der Waals surface area contributed by atoms with Gasteiger partial charge in [0.2, 0.25) is 0 Å². The van der Waals surface area contributed by atoms with Gasteiger partial charge in [0, 0.05) is 47.2 Å². The molecule has 1 heterocycles. The van der Waals surface area contributed by atoms with Crippen molar-refractivity contribution in [1.29, 1.82) is 0 Å². The zero-order chi connectivity index (χ0) is 18.2. The van der Waals surface area contributed by atoms with E-state index in [1.54, 1.807) is 0 Å². The second-order valence-corrected chi connectivity index (χ2v) is 6.87. The van der Waals surface area contributed by atoms with E-state index in [9.17, 15) is 0 Å². The maximum atomic E-state index is 5.81. The van der Waals surface area contributed by atoms with Crippen LogP contribution in [-0.4, -0.2) is 31.0 Å². The molecule has 138 valence electrons. The fourth-order valence-electron chi connectivity index (χ4n) is 2.67. The molecule has 0 aliphatic carbocycles. The molecular formula is C21H25NO3S. The fraction of sp³-hybridized carbons (Fsp3) is 0.333. The summed E-state index contributed by atoms with van der Waals surface area (Å²) in [5.74, 6) is 0.865. The van der Waals surface area contributed by atoms with Crippen LogP contribution in [-0.2, 0) is 15.5 Å².